The molecule has 3 N–H and O–H groups in total. The molecule has 3 rings (SSSR count). The van der Waals surface area contributed by atoms with Gasteiger partial charge in [-0.1, -0.05) is 6.07 Å². The summed E-state index contributed by atoms with van der Waals surface area (Å²) in [6, 6.07) is 5.37. The molecule has 2 unspecified atom stereocenters. The molecule has 106 valence electrons. The first-order valence-corrected chi connectivity index (χ1v) is 6.51. The monoisotopic (exact) mass is 275 g/mol. The molecule has 20 heavy (non-hydrogen) atoms. The summed E-state index contributed by atoms with van der Waals surface area (Å²) in [6.45, 7) is 2.90. The van der Waals surface area contributed by atoms with Gasteiger partial charge in [0.1, 0.15) is 0 Å². The van der Waals surface area contributed by atoms with Crippen LogP contribution >= 0.6 is 0 Å². The van der Waals surface area contributed by atoms with E-state index in [4.69, 9.17) is 10.5 Å². The Bertz CT molecular complexity index is 640. The minimum Gasteiger partial charge on any atom is -0.379 e. The van der Waals surface area contributed by atoms with E-state index >= 15 is 0 Å². The fourth-order valence-electron chi connectivity index (χ4n) is 2.30. The Labute approximate surface area is 116 Å². The third-order valence-corrected chi connectivity index (χ3v) is 3.83. The second-order valence-electron chi connectivity index (χ2n) is 5.27. The van der Waals surface area contributed by atoms with Crippen LogP contribution in [0.1, 0.15) is 12.7 Å². The van der Waals surface area contributed by atoms with E-state index < -0.39 is 5.41 Å². The number of aromatic nitrogens is 3. The van der Waals surface area contributed by atoms with Crippen molar-refractivity contribution in [1.29, 1.82) is 0 Å². The lowest BCUT2D eigenvalue weighted by molar-refractivity contribution is -0.130. The Morgan fingerprint density at radius 3 is 3.20 bits per heavy atom. The van der Waals surface area contributed by atoms with Crippen molar-refractivity contribution in [2.75, 3.05) is 13.2 Å². The molecule has 1 amide bonds. The molecule has 0 aromatic carbocycles. The van der Waals surface area contributed by atoms with Gasteiger partial charge in [-0.05, 0) is 19.1 Å². The normalized spacial score (nSPS) is 26.0. The van der Waals surface area contributed by atoms with Crippen LogP contribution in [0.4, 0.5) is 0 Å². The molecule has 1 aliphatic heterocycles. The van der Waals surface area contributed by atoms with Crippen LogP contribution in [0, 0.1) is 5.41 Å². The molecule has 1 aliphatic rings. The molecule has 0 spiro atoms. The molecule has 7 nitrogen and oxygen atoms in total. The van der Waals surface area contributed by atoms with Crippen molar-refractivity contribution in [3.8, 4) is 0 Å². The first kappa shape index (κ1) is 13.0. The highest BCUT2D eigenvalue weighted by Crippen LogP contribution is 2.27. The molecular weight excluding hydrogens is 258 g/mol. The van der Waals surface area contributed by atoms with Gasteiger partial charge in [0.15, 0.2) is 11.5 Å². The second kappa shape index (κ2) is 4.84. The number of amides is 1. The average molecular weight is 275 g/mol. The highest BCUT2D eigenvalue weighted by molar-refractivity contribution is 5.83. The maximum Gasteiger partial charge on any atom is 0.230 e. The van der Waals surface area contributed by atoms with Crippen molar-refractivity contribution in [3.05, 3.63) is 30.2 Å². The Balaban J connectivity index is 1.72. The van der Waals surface area contributed by atoms with Gasteiger partial charge >= 0.3 is 0 Å². The van der Waals surface area contributed by atoms with Crippen LogP contribution in [0.2, 0.25) is 0 Å². The first-order chi connectivity index (χ1) is 9.61. The molecule has 3 heterocycles. The smallest absolute Gasteiger partial charge is 0.230 e. The summed E-state index contributed by atoms with van der Waals surface area (Å²) in [7, 11) is 0. The zero-order valence-electron chi connectivity index (χ0n) is 11.2. The predicted octanol–water partition coefficient (Wildman–Crippen LogP) is -0.291. The van der Waals surface area contributed by atoms with Gasteiger partial charge in [-0.15, -0.1) is 10.2 Å². The van der Waals surface area contributed by atoms with E-state index in [1.165, 1.54) is 0 Å². The number of nitrogens with zero attached hydrogens (tertiary/aromatic N) is 3. The van der Waals surface area contributed by atoms with E-state index in [0.717, 1.165) is 5.65 Å². The standard InChI is InChI=1S/C13H17N5O2/c1-13(8-20-7-9(13)14)12(19)15-6-11-17-16-10-4-2-3-5-18(10)11/h2-5,9H,6-8,14H2,1H3,(H,15,19). The Morgan fingerprint density at radius 1 is 1.60 bits per heavy atom. The quantitative estimate of drug-likeness (QED) is 0.802. The van der Waals surface area contributed by atoms with Gasteiger partial charge in [0, 0.05) is 12.2 Å². The summed E-state index contributed by atoms with van der Waals surface area (Å²) in [4.78, 5) is 12.3. The van der Waals surface area contributed by atoms with Gasteiger partial charge < -0.3 is 15.8 Å². The predicted molar refractivity (Wildman–Crippen MR) is 71.7 cm³/mol. The number of carbonyl (C=O) groups excluding carboxylic acids is 1. The van der Waals surface area contributed by atoms with E-state index in [2.05, 4.69) is 15.5 Å². The Morgan fingerprint density at radius 2 is 2.45 bits per heavy atom. The number of ether oxygens (including phenoxy) is 1. The van der Waals surface area contributed by atoms with Crippen molar-refractivity contribution in [2.45, 2.75) is 19.5 Å². The summed E-state index contributed by atoms with van der Waals surface area (Å²) >= 11 is 0. The van der Waals surface area contributed by atoms with Crippen LogP contribution in [0.3, 0.4) is 0 Å². The zero-order chi connectivity index (χ0) is 14.2. The summed E-state index contributed by atoms with van der Waals surface area (Å²) < 4.78 is 7.12. The molecule has 2 atom stereocenters. The highest BCUT2D eigenvalue weighted by Gasteiger charge is 2.44. The van der Waals surface area contributed by atoms with Crippen LogP contribution < -0.4 is 11.1 Å². The van der Waals surface area contributed by atoms with Gasteiger partial charge in [-0.2, -0.15) is 0 Å². The third kappa shape index (κ3) is 2.04. The molecule has 0 radical (unpaired) electrons. The molecule has 0 aliphatic carbocycles. The maximum atomic E-state index is 12.3. The van der Waals surface area contributed by atoms with Crippen molar-refractivity contribution < 1.29 is 9.53 Å². The van der Waals surface area contributed by atoms with Crippen LogP contribution in [0.25, 0.3) is 5.65 Å². The number of rotatable bonds is 3. The number of pyridine rings is 1. The maximum absolute atomic E-state index is 12.3. The molecule has 0 saturated carbocycles. The molecule has 0 bridgehead atoms. The van der Waals surface area contributed by atoms with E-state index in [9.17, 15) is 4.79 Å². The molecule has 1 saturated heterocycles. The Kier molecular flexibility index (Phi) is 3.15. The molecule has 2 aromatic heterocycles. The van der Waals surface area contributed by atoms with Crippen molar-refractivity contribution >= 4 is 11.6 Å². The fourth-order valence-corrected chi connectivity index (χ4v) is 2.30. The Hall–Kier alpha value is -1.99. The lowest BCUT2D eigenvalue weighted by Gasteiger charge is -2.25. The molecular formula is C13H17N5O2. The number of hydrogen-bond donors (Lipinski definition) is 2. The van der Waals surface area contributed by atoms with Gasteiger partial charge in [0.25, 0.3) is 0 Å². The number of hydrogen-bond acceptors (Lipinski definition) is 5. The van der Waals surface area contributed by atoms with Crippen LogP contribution in [0.5, 0.6) is 0 Å². The summed E-state index contributed by atoms with van der Waals surface area (Å²) in [5.41, 5.74) is 6.01. The lowest BCUT2D eigenvalue weighted by Crippen LogP contribution is -2.49. The zero-order valence-corrected chi connectivity index (χ0v) is 11.2. The van der Waals surface area contributed by atoms with Crippen molar-refractivity contribution in [3.63, 3.8) is 0 Å². The van der Waals surface area contributed by atoms with Gasteiger partial charge in [-0.3, -0.25) is 9.20 Å². The highest BCUT2D eigenvalue weighted by atomic mass is 16.5. The summed E-state index contributed by atoms with van der Waals surface area (Å²) in [5, 5.41) is 11.0. The number of carbonyl (C=O) groups is 1. The van der Waals surface area contributed by atoms with E-state index in [-0.39, 0.29) is 11.9 Å². The second-order valence-corrected chi connectivity index (χ2v) is 5.27. The molecule has 1 fully saturated rings. The van der Waals surface area contributed by atoms with Crippen molar-refractivity contribution in [1.82, 2.24) is 19.9 Å². The van der Waals surface area contributed by atoms with E-state index in [0.29, 0.717) is 25.6 Å². The third-order valence-electron chi connectivity index (χ3n) is 3.83. The van der Waals surface area contributed by atoms with Crippen molar-refractivity contribution in [2.24, 2.45) is 11.1 Å². The van der Waals surface area contributed by atoms with Gasteiger partial charge in [-0.25, -0.2) is 0 Å². The summed E-state index contributed by atoms with van der Waals surface area (Å²) in [6.07, 6.45) is 1.86. The minimum absolute atomic E-state index is 0.116. The number of fused-ring (bicyclic) bond motifs is 1. The van der Waals surface area contributed by atoms with Crippen LogP contribution in [-0.4, -0.2) is 39.8 Å². The molecule has 7 heteroatoms. The average Bonchev–Trinajstić information content (AvgIpc) is 3.02. The topological polar surface area (TPSA) is 94.5 Å². The minimum atomic E-state index is -0.680. The largest absolute Gasteiger partial charge is 0.379 e. The SMILES string of the molecule is CC1(C(=O)NCc2nnc3ccccn23)COCC1N. The van der Waals surface area contributed by atoms with E-state index in [1.54, 1.807) is 0 Å². The number of nitrogens with two attached hydrogens (primary N) is 1. The van der Waals surface area contributed by atoms with Crippen LogP contribution in [-0.2, 0) is 16.1 Å². The fraction of sp³-hybridized carbons (Fsp3) is 0.462. The summed E-state index contributed by atoms with van der Waals surface area (Å²) in [5.74, 6) is 0.570. The first-order valence-electron chi connectivity index (χ1n) is 6.51. The molecule has 2 aromatic rings. The lowest BCUT2D eigenvalue weighted by atomic mass is 9.85. The van der Waals surface area contributed by atoms with Gasteiger partial charge in [0.2, 0.25) is 5.91 Å². The number of nitrogens with one attached hydrogen (secondary N) is 1. The van der Waals surface area contributed by atoms with Gasteiger partial charge in [0.05, 0.1) is 25.2 Å². The van der Waals surface area contributed by atoms with Crippen LogP contribution in [0.15, 0.2) is 24.4 Å². The van der Waals surface area contributed by atoms with E-state index in [1.807, 2.05) is 35.7 Å².